The maximum Gasteiger partial charge on any atom is 0.268 e. The van der Waals surface area contributed by atoms with Gasteiger partial charge in [-0.15, -0.1) is 0 Å². The highest BCUT2D eigenvalue weighted by molar-refractivity contribution is 5.99. The first kappa shape index (κ1) is 14.3. The molecular formula is C13H17N3O4. The third-order valence-corrected chi connectivity index (χ3v) is 3.28. The van der Waals surface area contributed by atoms with E-state index in [-0.39, 0.29) is 47.9 Å². The molecule has 0 unspecified atom stereocenters. The van der Waals surface area contributed by atoms with Gasteiger partial charge in [0, 0.05) is 12.8 Å². The third kappa shape index (κ3) is 2.72. The molecule has 0 atom stereocenters. The largest absolute Gasteiger partial charge is 0.467 e. The molecule has 1 aliphatic heterocycles. The molecule has 108 valence electrons. The van der Waals surface area contributed by atoms with Crippen LogP contribution in [0.3, 0.4) is 0 Å². The van der Waals surface area contributed by atoms with Gasteiger partial charge in [0.15, 0.2) is 0 Å². The molecule has 1 fully saturated rings. The second kappa shape index (κ2) is 5.09. The summed E-state index contributed by atoms with van der Waals surface area (Å²) in [6.45, 7) is 3.70. The molecule has 0 bridgehead atoms. The zero-order chi connectivity index (χ0) is 14.9. The standard InChI is InChI=1S/C13H17N3O4/c1-13(2)5-10(17)16(11(18)6-13)7-9-8(3-4-20-9)12(19)15-14/h3-4H,5-7,14H2,1-2H3,(H,15,19). The summed E-state index contributed by atoms with van der Waals surface area (Å²) in [6.07, 6.45) is 1.90. The number of nitrogen functional groups attached to an aromatic ring is 1. The van der Waals surface area contributed by atoms with Crippen LogP contribution in [0, 0.1) is 5.41 Å². The topological polar surface area (TPSA) is 106 Å². The molecule has 1 aromatic heterocycles. The summed E-state index contributed by atoms with van der Waals surface area (Å²) in [5.41, 5.74) is 1.89. The van der Waals surface area contributed by atoms with E-state index in [2.05, 4.69) is 0 Å². The van der Waals surface area contributed by atoms with Crippen molar-refractivity contribution in [3.8, 4) is 0 Å². The van der Waals surface area contributed by atoms with Gasteiger partial charge in [-0.3, -0.25) is 24.7 Å². The van der Waals surface area contributed by atoms with Crippen LogP contribution in [0.1, 0.15) is 42.8 Å². The molecule has 1 aromatic rings. The van der Waals surface area contributed by atoms with Gasteiger partial charge in [0.2, 0.25) is 11.8 Å². The van der Waals surface area contributed by atoms with Gasteiger partial charge in [-0.05, 0) is 11.5 Å². The van der Waals surface area contributed by atoms with Gasteiger partial charge in [-0.2, -0.15) is 0 Å². The second-order valence-electron chi connectivity index (χ2n) is 5.62. The van der Waals surface area contributed by atoms with Crippen LogP contribution in [0.5, 0.6) is 0 Å². The zero-order valence-corrected chi connectivity index (χ0v) is 11.4. The highest BCUT2D eigenvalue weighted by atomic mass is 16.3. The molecule has 2 heterocycles. The number of nitrogens with one attached hydrogen (secondary N) is 1. The first-order valence-corrected chi connectivity index (χ1v) is 6.24. The first-order chi connectivity index (χ1) is 9.34. The van der Waals surface area contributed by atoms with Crippen molar-refractivity contribution in [1.29, 1.82) is 0 Å². The minimum Gasteiger partial charge on any atom is -0.467 e. The Morgan fingerprint density at radius 1 is 1.40 bits per heavy atom. The lowest BCUT2D eigenvalue weighted by atomic mass is 9.82. The molecular weight excluding hydrogens is 262 g/mol. The van der Waals surface area contributed by atoms with Crippen molar-refractivity contribution in [1.82, 2.24) is 10.3 Å². The molecule has 0 spiro atoms. The van der Waals surface area contributed by atoms with E-state index in [1.807, 2.05) is 19.3 Å². The summed E-state index contributed by atoms with van der Waals surface area (Å²) in [6, 6.07) is 1.44. The number of hydrogen-bond donors (Lipinski definition) is 2. The molecule has 7 heteroatoms. The number of carbonyl (C=O) groups is 3. The van der Waals surface area contributed by atoms with Crippen LogP contribution in [0.15, 0.2) is 16.7 Å². The van der Waals surface area contributed by atoms with Gasteiger partial charge in [0.25, 0.3) is 5.91 Å². The predicted molar refractivity (Wildman–Crippen MR) is 68.9 cm³/mol. The fourth-order valence-corrected chi connectivity index (χ4v) is 2.27. The maximum atomic E-state index is 12.0. The van der Waals surface area contributed by atoms with E-state index in [1.54, 1.807) is 0 Å². The monoisotopic (exact) mass is 279 g/mol. The van der Waals surface area contributed by atoms with Crippen LogP contribution in [-0.4, -0.2) is 22.6 Å². The van der Waals surface area contributed by atoms with Crippen molar-refractivity contribution in [2.24, 2.45) is 11.3 Å². The van der Waals surface area contributed by atoms with Gasteiger partial charge in [0.1, 0.15) is 5.76 Å². The van der Waals surface area contributed by atoms with E-state index in [9.17, 15) is 14.4 Å². The molecule has 0 aliphatic carbocycles. The van der Waals surface area contributed by atoms with E-state index < -0.39 is 5.91 Å². The predicted octanol–water partition coefficient (Wildman–Crippen LogP) is 0.558. The highest BCUT2D eigenvalue weighted by Gasteiger charge is 2.38. The van der Waals surface area contributed by atoms with Crippen molar-refractivity contribution in [2.45, 2.75) is 33.2 Å². The summed E-state index contributed by atoms with van der Waals surface area (Å²) in [5.74, 6) is 4.26. The molecule has 20 heavy (non-hydrogen) atoms. The van der Waals surface area contributed by atoms with Crippen molar-refractivity contribution >= 4 is 17.7 Å². The number of piperidine rings is 1. The number of nitrogens with zero attached hydrogens (tertiary/aromatic N) is 1. The second-order valence-corrected chi connectivity index (χ2v) is 5.62. The summed E-state index contributed by atoms with van der Waals surface area (Å²) in [7, 11) is 0. The van der Waals surface area contributed by atoms with E-state index >= 15 is 0 Å². The van der Waals surface area contributed by atoms with Crippen LogP contribution in [0.4, 0.5) is 0 Å². The number of hydrazine groups is 1. The number of imide groups is 1. The van der Waals surface area contributed by atoms with Gasteiger partial charge < -0.3 is 4.42 Å². The highest BCUT2D eigenvalue weighted by Crippen LogP contribution is 2.32. The molecule has 0 radical (unpaired) electrons. The molecule has 1 saturated heterocycles. The minimum absolute atomic E-state index is 0.0521. The van der Waals surface area contributed by atoms with Crippen LogP contribution in [0.25, 0.3) is 0 Å². The Morgan fingerprint density at radius 3 is 2.55 bits per heavy atom. The normalized spacial score (nSPS) is 18.2. The summed E-state index contributed by atoms with van der Waals surface area (Å²) >= 11 is 0. The Kier molecular flexibility index (Phi) is 3.63. The molecule has 2 rings (SSSR count). The number of nitrogens with two attached hydrogens (primary N) is 1. The first-order valence-electron chi connectivity index (χ1n) is 6.24. The maximum absolute atomic E-state index is 12.0. The fourth-order valence-electron chi connectivity index (χ4n) is 2.27. The number of hydrogen-bond acceptors (Lipinski definition) is 5. The Balaban J connectivity index is 2.18. The van der Waals surface area contributed by atoms with Crippen LogP contribution in [-0.2, 0) is 16.1 Å². The van der Waals surface area contributed by atoms with Crippen LogP contribution < -0.4 is 11.3 Å². The molecule has 0 saturated carbocycles. The van der Waals surface area contributed by atoms with E-state index in [0.717, 1.165) is 4.90 Å². The van der Waals surface area contributed by atoms with Crippen molar-refractivity contribution in [2.75, 3.05) is 0 Å². The van der Waals surface area contributed by atoms with Gasteiger partial charge >= 0.3 is 0 Å². The molecule has 3 amide bonds. The number of carbonyl (C=O) groups excluding carboxylic acids is 3. The average molecular weight is 279 g/mol. The quantitative estimate of drug-likeness (QED) is 0.364. The Hall–Kier alpha value is -2.15. The van der Waals surface area contributed by atoms with E-state index in [4.69, 9.17) is 10.3 Å². The van der Waals surface area contributed by atoms with Gasteiger partial charge in [0.05, 0.1) is 18.4 Å². The number of amides is 3. The SMILES string of the molecule is CC1(C)CC(=O)N(Cc2occc2C(=O)NN)C(=O)C1. The van der Waals surface area contributed by atoms with Crippen LogP contribution >= 0.6 is 0 Å². The van der Waals surface area contributed by atoms with Crippen molar-refractivity contribution in [3.05, 3.63) is 23.7 Å². The van der Waals surface area contributed by atoms with E-state index in [1.165, 1.54) is 12.3 Å². The van der Waals surface area contributed by atoms with E-state index in [0.29, 0.717) is 0 Å². The van der Waals surface area contributed by atoms with Gasteiger partial charge in [-0.1, -0.05) is 13.8 Å². The summed E-state index contributed by atoms with van der Waals surface area (Å²) in [5, 5.41) is 0. The zero-order valence-electron chi connectivity index (χ0n) is 11.4. The van der Waals surface area contributed by atoms with Crippen LogP contribution in [0.2, 0.25) is 0 Å². The molecule has 3 N–H and O–H groups in total. The fraction of sp³-hybridized carbons (Fsp3) is 0.462. The lowest BCUT2D eigenvalue weighted by Gasteiger charge is -2.34. The number of likely N-dealkylation sites (tertiary alicyclic amines) is 1. The lowest BCUT2D eigenvalue weighted by molar-refractivity contribution is -0.153. The Labute approximate surface area is 116 Å². The van der Waals surface area contributed by atoms with Gasteiger partial charge in [-0.25, -0.2) is 5.84 Å². The van der Waals surface area contributed by atoms with Crippen molar-refractivity contribution in [3.63, 3.8) is 0 Å². The molecule has 1 aliphatic rings. The third-order valence-electron chi connectivity index (χ3n) is 3.28. The Bertz CT molecular complexity index is 542. The summed E-state index contributed by atoms with van der Waals surface area (Å²) < 4.78 is 5.18. The number of rotatable bonds is 3. The average Bonchev–Trinajstić information content (AvgIpc) is 2.79. The molecule has 7 nitrogen and oxygen atoms in total. The minimum atomic E-state index is -0.522. The Morgan fingerprint density at radius 2 is 2.00 bits per heavy atom. The molecule has 0 aromatic carbocycles. The number of furan rings is 1. The van der Waals surface area contributed by atoms with Crippen molar-refractivity contribution < 1.29 is 18.8 Å². The summed E-state index contributed by atoms with van der Waals surface area (Å²) in [4.78, 5) is 36.7. The lowest BCUT2D eigenvalue weighted by Crippen LogP contribution is -2.45. The smallest absolute Gasteiger partial charge is 0.268 e.